The van der Waals surface area contributed by atoms with Crippen LogP contribution in [0.25, 0.3) is 0 Å². The molecule has 1 aromatic carbocycles. The number of benzene rings is 1. The van der Waals surface area contributed by atoms with Gasteiger partial charge >= 0.3 is 0 Å². The maximum Gasteiger partial charge on any atom is 0.255 e. The summed E-state index contributed by atoms with van der Waals surface area (Å²) in [6, 6.07) is 5.27. The van der Waals surface area contributed by atoms with Gasteiger partial charge in [-0.15, -0.1) is 0 Å². The van der Waals surface area contributed by atoms with Crippen LogP contribution in [0, 0.1) is 3.57 Å². The largest absolute Gasteiger partial charge is 0.507 e. The zero-order valence-corrected chi connectivity index (χ0v) is 13.7. The number of hydrogen-bond acceptors (Lipinski definition) is 2. The molecule has 0 aliphatic heterocycles. The normalized spacial score (nSPS) is 12.2. The molecule has 19 heavy (non-hydrogen) atoms. The second-order valence-electron chi connectivity index (χ2n) is 4.76. The van der Waals surface area contributed by atoms with Gasteiger partial charge in [0, 0.05) is 9.61 Å². The van der Waals surface area contributed by atoms with Crippen molar-refractivity contribution in [3.63, 3.8) is 0 Å². The SMILES string of the molecule is CCCCC(CCC)NC(=O)c1cc(I)ccc1O. The van der Waals surface area contributed by atoms with Gasteiger partial charge in [0.05, 0.1) is 5.56 Å². The summed E-state index contributed by atoms with van der Waals surface area (Å²) in [6.07, 6.45) is 5.28. The van der Waals surface area contributed by atoms with E-state index in [9.17, 15) is 9.90 Å². The van der Waals surface area contributed by atoms with Crippen molar-refractivity contribution in [3.05, 3.63) is 27.3 Å². The number of unbranched alkanes of at least 4 members (excludes halogenated alkanes) is 1. The van der Waals surface area contributed by atoms with Gasteiger partial charge in [-0.2, -0.15) is 0 Å². The molecule has 0 fully saturated rings. The number of nitrogens with one attached hydrogen (secondary N) is 1. The lowest BCUT2D eigenvalue weighted by Gasteiger charge is -2.18. The lowest BCUT2D eigenvalue weighted by atomic mass is 10.0. The standard InChI is InChI=1S/C15H22INO2/c1-3-5-7-12(6-4-2)17-15(19)13-10-11(16)8-9-14(13)18/h8-10,12,18H,3-7H2,1-2H3,(H,17,19). The highest BCUT2D eigenvalue weighted by Crippen LogP contribution is 2.20. The van der Waals surface area contributed by atoms with Crippen LogP contribution in [0.1, 0.15) is 56.3 Å². The third kappa shape index (κ3) is 5.38. The van der Waals surface area contributed by atoms with Gasteiger partial charge in [-0.3, -0.25) is 4.79 Å². The van der Waals surface area contributed by atoms with Crippen LogP contribution in [0.15, 0.2) is 18.2 Å². The highest BCUT2D eigenvalue weighted by molar-refractivity contribution is 14.1. The van der Waals surface area contributed by atoms with Crippen LogP contribution >= 0.6 is 22.6 Å². The first-order valence-corrected chi connectivity index (χ1v) is 7.95. The number of aromatic hydroxyl groups is 1. The van der Waals surface area contributed by atoms with E-state index in [-0.39, 0.29) is 17.7 Å². The molecule has 4 heteroatoms. The van der Waals surface area contributed by atoms with E-state index in [4.69, 9.17) is 0 Å². The Morgan fingerprint density at radius 1 is 1.32 bits per heavy atom. The minimum atomic E-state index is -0.175. The van der Waals surface area contributed by atoms with Crippen LogP contribution in [0.2, 0.25) is 0 Å². The van der Waals surface area contributed by atoms with Crippen LogP contribution in [0.4, 0.5) is 0 Å². The minimum absolute atomic E-state index is 0.0451. The van der Waals surface area contributed by atoms with Crippen LogP contribution in [0.5, 0.6) is 5.75 Å². The summed E-state index contributed by atoms with van der Waals surface area (Å²) < 4.78 is 0.946. The van der Waals surface area contributed by atoms with Gasteiger partial charge in [-0.25, -0.2) is 0 Å². The second kappa shape index (κ2) is 8.40. The molecule has 106 valence electrons. The summed E-state index contributed by atoms with van der Waals surface area (Å²) >= 11 is 2.14. The summed E-state index contributed by atoms with van der Waals surface area (Å²) in [5.41, 5.74) is 0.365. The summed E-state index contributed by atoms with van der Waals surface area (Å²) in [6.45, 7) is 4.27. The molecule has 0 aliphatic rings. The van der Waals surface area contributed by atoms with Crippen LogP contribution in [0.3, 0.4) is 0 Å². The molecule has 0 bridgehead atoms. The molecule has 1 amide bonds. The Labute approximate surface area is 128 Å². The Morgan fingerprint density at radius 3 is 2.68 bits per heavy atom. The van der Waals surface area contributed by atoms with Crippen molar-refractivity contribution in [2.45, 2.75) is 52.0 Å². The molecule has 0 radical (unpaired) electrons. The lowest BCUT2D eigenvalue weighted by molar-refractivity contribution is 0.0929. The quantitative estimate of drug-likeness (QED) is 0.706. The number of phenolic OH excluding ortho intramolecular Hbond substituents is 1. The van der Waals surface area contributed by atoms with E-state index in [1.165, 1.54) is 0 Å². The first-order valence-electron chi connectivity index (χ1n) is 6.87. The van der Waals surface area contributed by atoms with Gasteiger partial charge in [-0.05, 0) is 53.6 Å². The summed E-state index contributed by atoms with van der Waals surface area (Å²) in [4.78, 5) is 12.2. The number of carbonyl (C=O) groups is 1. The molecule has 0 aliphatic carbocycles. The fourth-order valence-corrected chi connectivity index (χ4v) is 2.53. The smallest absolute Gasteiger partial charge is 0.255 e. The number of rotatable bonds is 7. The summed E-state index contributed by atoms with van der Waals surface area (Å²) in [7, 11) is 0. The van der Waals surface area contributed by atoms with Crippen molar-refractivity contribution in [3.8, 4) is 5.75 Å². The molecule has 1 atom stereocenters. The van der Waals surface area contributed by atoms with E-state index in [0.717, 1.165) is 35.7 Å². The Kier molecular flexibility index (Phi) is 7.20. The first-order chi connectivity index (χ1) is 9.08. The number of hydrogen-bond donors (Lipinski definition) is 2. The van der Waals surface area contributed by atoms with Gasteiger partial charge in [0.15, 0.2) is 0 Å². The highest BCUT2D eigenvalue weighted by atomic mass is 127. The minimum Gasteiger partial charge on any atom is -0.507 e. The van der Waals surface area contributed by atoms with E-state index >= 15 is 0 Å². The third-order valence-electron chi connectivity index (χ3n) is 3.08. The molecule has 2 N–H and O–H groups in total. The fourth-order valence-electron chi connectivity index (χ4n) is 2.04. The topological polar surface area (TPSA) is 49.3 Å². The van der Waals surface area contributed by atoms with Crippen molar-refractivity contribution in [1.82, 2.24) is 5.32 Å². The fraction of sp³-hybridized carbons (Fsp3) is 0.533. The molecular weight excluding hydrogens is 353 g/mol. The van der Waals surface area contributed by atoms with E-state index in [0.29, 0.717) is 5.56 Å². The molecule has 1 rings (SSSR count). The average Bonchev–Trinajstić information content (AvgIpc) is 2.39. The zero-order valence-electron chi connectivity index (χ0n) is 11.6. The van der Waals surface area contributed by atoms with Crippen molar-refractivity contribution in [2.24, 2.45) is 0 Å². The number of halogens is 1. The van der Waals surface area contributed by atoms with E-state index in [1.807, 2.05) is 0 Å². The third-order valence-corrected chi connectivity index (χ3v) is 3.75. The predicted octanol–water partition coefficient (Wildman–Crippen LogP) is 4.09. The molecule has 1 aromatic rings. The second-order valence-corrected chi connectivity index (χ2v) is 6.01. The number of phenols is 1. The average molecular weight is 375 g/mol. The highest BCUT2D eigenvalue weighted by Gasteiger charge is 2.16. The Balaban J connectivity index is 2.72. The Morgan fingerprint density at radius 2 is 2.05 bits per heavy atom. The number of carbonyl (C=O) groups excluding carboxylic acids is 1. The predicted molar refractivity (Wildman–Crippen MR) is 86.5 cm³/mol. The maximum atomic E-state index is 12.2. The monoisotopic (exact) mass is 375 g/mol. The Hall–Kier alpha value is -0.780. The van der Waals surface area contributed by atoms with Gasteiger partial charge in [0.1, 0.15) is 5.75 Å². The van der Waals surface area contributed by atoms with Crippen molar-refractivity contribution < 1.29 is 9.90 Å². The van der Waals surface area contributed by atoms with Crippen molar-refractivity contribution in [1.29, 1.82) is 0 Å². The molecule has 0 saturated heterocycles. The molecule has 1 unspecified atom stereocenters. The van der Waals surface area contributed by atoms with Gasteiger partial charge < -0.3 is 10.4 Å². The Bertz CT molecular complexity index is 421. The maximum absolute atomic E-state index is 12.2. The summed E-state index contributed by atoms with van der Waals surface area (Å²) in [5.74, 6) is -0.130. The van der Waals surface area contributed by atoms with Crippen LogP contribution < -0.4 is 5.32 Å². The molecular formula is C15H22INO2. The summed E-state index contributed by atoms with van der Waals surface area (Å²) in [5, 5.41) is 12.8. The van der Waals surface area contributed by atoms with E-state index < -0.39 is 0 Å². The van der Waals surface area contributed by atoms with Crippen molar-refractivity contribution in [2.75, 3.05) is 0 Å². The van der Waals surface area contributed by atoms with Crippen LogP contribution in [-0.4, -0.2) is 17.1 Å². The van der Waals surface area contributed by atoms with Gasteiger partial charge in [0.2, 0.25) is 0 Å². The number of amides is 1. The lowest BCUT2D eigenvalue weighted by Crippen LogP contribution is -2.34. The van der Waals surface area contributed by atoms with E-state index in [2.05, 4.69) is 41.8 Å². The zero-order chi connectivity index (χ0) is 14.3. The molecule has 0 heterocycles. The van der Waals surface area contributed by atoms with Crippen molar-refractivity contribution >= 4 is 28.5 Å². The molecule has 0 aromatic heterocycles. The van der Waals surface area contributed by atoms with Crippen LogP contribution in [-0.2, 0) is 0 Å². The molecule has 3 nitrogen and oxygen atoms in total. The van der Waals surface area contributed by atoms with Gasteiger partial charge in [0.25, 0.3) is 5.91 Å². The first kappa shape index (κ1) is 16.3. The van der Waals surface area contributed by atoms with E-state index in [1.54, 1.807) is 18.2 Å². The molecule has 0 spiro atoms. The molecule has 0 saturated carbocycles. The van der Waals surface area contributed by atoms with Gasteiger partial charge in [-0.1, -0.05) is 33.1 Å².